The second-order valence-electron chi connectivity index (χ2n) is 4.03. The first-order valence-electron chi connectivity index (χ1n) is 5.92. The summed E-state index contributed by atoms with van der Waals surface area (Å²) in [5.74, 6) is 0.135. The highest BCUT2D eigenvalue weighted by atomic mass is 16.1. The molecule has 86 valence electrons. The van der Waals surface area contributed by atoms with E-state index >= 15 is 0 Å². The summed E-state index contributed by atoms with van der Waals surface area (Å²) in [4.78, 5) is 10.9. The van der Waals surface area contributed by atoms with Crippen LogP contribution >= 0.6 is 0 Å². The van der Waals surface area contributed by atoms with Crippen LogP contribution in [0.3, 0.4) is 0 Å². The molecule has 0 aromatic heterocycles. The van der Waals surface area contributed by atoms with Crippen molar-refractivity contribution in [2.75, 3.05) is 20.1 Å². The fourth-order valence-electron chi connectivity index (χ4n) is 1.84. The molecule has 15 heavy (non-hydrogen) atoms. The SMILES string of the molecule is CNC(=O)CCCNCCC1=CCCC1. The molecule has 0 saturated heterocycles. The Balaban J connectivity index is 1.86. The monoisotopic (exact) mass is 210 g/mol. The molecule has 3 heteroatoms. The van der Waals surface area contributed by atoms with Crippen molar-refractivity contribution < 1.29 is 4.79 Å². The van der Waals surface area contributed by atoms with Crippen LogP contribution in [0.1, 0.15) is 38.5 Å². The highest BCUT2D eigenvalue weighted by Crippen LogP contribution is 2.19. The van der Waals surface area contributed by atoms with Crippen LogP contribution in [-0.4, -0.2) is 26.0 Å². The van der Waals surface area contributed by atoms with Gasteiger partial charge in [0.05, 0.1) is 0 Å². The van der Waals surface area contributed by atoms with Gasteiger partial charge < -0.3 is 10.6 Å². The lowest BCUT2D eigenvalue weighted by Gasteiger charge is -2.04. The number of rotatable bonds is 7. The maximum atomic E-state index is 10.9. The van der Waals surface area contributed by atoms with Gasteiger partial charge in [-0.2, -0.15) is 0 Å². The molecule has 0 aromatic rings. The topological polar surface area (TPSA) is 41.1 Å². The van der Waals surface area contributed by atoms with E-state index in [0.29, 0.717) is 6.42 Å². The average molecular weight is 210 g/mol. The molecule has 3 nitrogen and oxygen atoms in total. The fraction of sp³-hybridized carbons (Fsp3) is 0.750. The summed E-state index contributed by atoms with van der Waals surface area (Å²) in [7, 11) is 1.68. The molecule has 0 atom stereocenters. The predicted octanol–water partition coefficient (Wildman–Crippen LogP) is 1.60. The number of amides is 1. The van der Waals surface area contributed by atoms with Gasteiger partial charge in [0, 0.05) is 13.5 Å². The van der Waals surface area contributed by atoms with Crippen LogP contribution in [0.5, 0.6) is 0 Å². The van der Waals surface area contributed by atoms with E-state index in [1.165, 1.54) is 25.7 Å². The lowest BCUT2D eigenvalue weighted by Crippen LogP contribution is -2.21. The summed E-state index contributed by atoms with van der Waals surface area (Å²) in [6, 6.07) is 0. The fourth-order valence-corrected chi connectivity index (χ4v) is 1.84. The van der Waals surface area contributed by atoms with E-state index in [2.05, 4.69) is 16.7 Å². The number of hydrogen-bond acceptors (Lipinski definition) is 2. The molecule has 0 heterocycles. The molecule has 0 spiro atoms. The van der Waals surface area contributed by atoms with E-state index in [1.54, 1.807) is 12.6 Å². The van der Waals surface area contributed by atoms with Crippen molar-refractivity contribution >= 4 is 5.91 Å². The van der Waals surface area contributed by atoms with Crippen molar-refractivity contribution in [2.24, 2.45) is 0 Å². The van der Waals surface area contributed by atoms with Gasteiger partial charge in [0.1, 0.15) is 0 Å². The molecular formula is C12H22N2O. The van der Waals surface area contributed by atoms with Gasteiger partial charge in [-0.15, -0.1) is 0 Å². The Labute approximate surface area is 92.3 Å². The van der Waals surface area contributed by atoms with E-state index in [9.17, 15) is 4.79 Å². The molecule has 1 aliphatic carbocycles. The highest BCUT2D eigenvalue weighted by molar-refractivity contribution is 5.75. The third kappa shape index (κ3) is 5.57. The first kappa shape index (κ1) is 12.2. The average Bonchev–Trinajstić information content (AvgIpc) is 2.75. The van der Waals surface area contributed by atoms with E-state index in [1.807, 2.05) is 0 Å². The van der Waals surface area contributed by atoms with Gasteiger partial charge in [-0.1, -0.05) is 11.6 Å². The van der Waals surface area contributed by atoms with Crippen molar-refractivity contribution in [3.63, 3.8) is 0 Å². The Kier molecular flexibility index (Phi) is 6.09. The summed E-state index contributed by atoms with van der Waals surface area (Å²) < 4.78 is 0. The van der Waals surface area contributed by atoms with E-state index in [4.69, 9.17) is 0 Å². The minimum atomic E-state index is 0.135. The van der Waals surface area contributed by atoms with Crippen LogP contribution in [0.2, 0.25) is 0 Å². The standard InChI is InChI=1S/C12H22N2O/c1-13-12(15)7-4-9-14-10-8-11-5-2-3-6-11/h5,14H,2-4,6-10H2,1H3,(H,13,15). The number of nitrogens with one attached hydrogen (secondary N) is 2. The zero-order valence-corrected chi connectivity index (χ0v) is 9.64. The first-order chi connectivity index (χ1) is 7.33. The molecule has 0 saturated carbocycles. The van der Waals surface area contributed by atoms with Crippen molar-refractivity contribution in [1.82, 2.24) is 10.6 Å². The smallest absolute Gasteiger partial charge is 0.219 e. The molecule has 1 amide bonds. The molecular weight excluding hydrogens is 188 g/mol. The number of allylic oxidation sites excluding steroid dienone is 1. The number of hydrogen-bond donors (Lipinski definition) is 2. The van der Waals surface area contributed by atoms with Gasteiger partial charge in [-0.3, -0.25) is 4.79 Å². The third-order valence-corrected chi connectivity index (χ3v) is 2.79. The van der Waals surface area contributed by atoms with Gasteiger partial charge >= 0.3 is 0 Å². The predicted molar refractivity (Wildman–Crippen MR) is 62.7 cm³/mol. The lowest BCUT2D eigenvalue weighted by atomic mass is 10.1. The molecule has 0 aliphatic heterocycles. The summed E-state index contributed by atoms with van der Waals surface area (Å²) in [6.45, 7) is 2.00. The molecule has 0 unspecified atom stereocenters. The zero-order chi connectivity index (χ0) is 10.9. The van der Waals surface area contributed by atoms with E-state index in [0.717, 1.165) is 19.5 Å². The normalized spacial score (nSPS) is 15.1. The Morgan fingerprint density at radius 2 is 2.33 bits per heavy atom. The Bertz CT molecular complexity index is 224. The van der Waals surface area contributed by atoms with Gasteiger partial charge in [-0.05, 0) is 45.2 Å². The van der Waals surface area contributed by atoms with Crippen molar-refractivity contribution in [3.05, 3.63) is 11.6 Å². The molecule has 0 bridgehead atoms. The Morgan fingerprint density at radius 3 is 3.00 bits per heavy atom. The summed E-state index contributed by atoms with van der Waals surface area (Å²) in [6.07, 6.45) is 9.01. The largest absolute Gasteiger partial charge is 0.359 e. The Morgan fingerprint density at radius 1 is 1.47 bits per heavy atom. The molecule has 0 aromatic carbocycles. The summed E-state index contributed by atoms with van der Waals surface area (Å²) >= 11 is 0. The van der Waals surface area contributed by atoms with Gasteiger partial charge in [0.25, 0.3) is 0 Å². The molecule has 0 fully saturated rings. The third-order valence-electron chi connectivity index (χ3n) is 2.79. The molecule has 2 N–H and O–H groups in total. The minimum absolute atomic E-state index is 0.135. The second-order valence-corrected chi connectivity index (χ2v) is 4.03. The van der Waals surface area contributed by atoms with Crippen LogP contribution in [0.25, 0.3) is 0 Å². The molecule has 0 radical (unpaired) electrons. The van der Waals surface area contributed by atoms with Crippen molar-refractivity contribution in [1.29, 1.82) is 0 Å². The number of carbonyl (C=O) groups is 1. The van der Waals surface area contributed by atoms with Gasteiger partial charge in [-0.25, -0.2) is 0 Å². The molecule has 1 aliphatic rings. The van der Waals surface area contributed by atoms with E-state index in [-0.39, 0.29) is 5.91 Å². The van der Waals surface area contributed by atoms with Crippen LogP contribution in [0, 0.1) is 0 Å². The first-order valence-corrected chi connectivity index (χ1v) is 5.92. The highest BCUT2D eigenvalue weighted by Gasteiger charge is 2.03. The number of carbonyl (C=O) groups excluding carboxylic acids is 1. The second kappa shape index (κ2) is 7.46. The van der Waals surface area contributed by atoms with Crippen molar-refractivity contribution in [2.45, 2.75) is 38.5 Å². The minimum Gasteiger partial charge on any atom is -0.359 e. The molecule has 1 rings (SSSR count). The maximum absolute atomic E-state index is 10.9. The van der Waals surface area contributed by atoms with Crippen LogP contribution < -0.4 is 10.6 Å². The van der Waals surface area contributed by atoms with Gasteiger partial charge in [0.15, 0.2) is 0 Å². The summed E-state index contributed by atoms with van der Waals surface area (Å²) in [5.41, 5.74) is 1.61. The van der Waals surface area contributed by atoms with Crippen LogP contribution in [0.4, 0.5) is 0 Å². The zero-order valence-electron chi connectivity index (χ0n) is 9.64. The van der Waals surface area contributed by atoms with Crippen LogP contribution in [-0.2, 0) is 4.79 Å². The van der Waals surface area contributed by atoms with Crippen molar-refractivity contribution in [3.8, 4) is 0 Å². The van der Waals surface area contributed by atoms with E-state index < -0.39 is 0 Å². The summed E-state index contributed by atoms with van der Waals surface area (Å²) in [5, 5.41) is 6.00. The Hall–Kier alpha value is -0.830. The maximum Gasteiger partial charge on any atom is 0.219 e. The lowest BCUT2D eigenvalue weighted by molar-refractivity contribution is -0.120. The van der Waals surface area contributed by atoms with Crippen LogP contribution in [0.15, 0.2) is 11.6 Å². The van der Waals surface area contributed by atoms with Gasteiger partial charge in [0.2, 0.25) is 5.91 Å². The quantitative estimate of drug-likeness (QED) is 0.495.